The van der Waals surface area contributed by atoms with Crippen LogP contribution in [-0.4, -0.2) is 24.5 Å². The van der Waals surface area contributed by atoms with E-state index in [-0.39, 0.29) is 17.4 Å². The van der Waals surface area contributed by atoms with Crippen LogP contribution in [0.15, 0.2) is 30.3 Å². The van der Waals surface area contributed by atoms with Gasteiger partial charge in [-0.1, -0.05) is 25.1 Å². The van der Waals surface area contributed by atoms with Crippen LogP contribution >= 0.6 is 0 Å². The number of nitrogens with zero attached hydrogens (tertiary/aromatic N) is 1. The standard InChI is InChI=1S/C14H18N2O/c1-11-13(17)16(12-5-3-2-4-6-12)14(11)7-9-15-10-8-14/h2-6,11,15H,7-10H2,1H3. The van der Waals surface area contributed by atoms with Crippen molar-refractivity contribution < 1.29 is 4.79 Å². The molecule has 1 N–H and O–H groups in total. The van der Waals surface area contributed by atoms with Gasteiger partial charge in [-0.25, -0.2) is 0 Å². The lowest BCUT2D eigenvalue weighted by molar-refractivity contribution is -0.135. The molecule has 0 aliphatic carbocycles. The van der Waals surface area contributed by atoms with Gasteiger partial charge < -0.3 is 10.2 Å². The van der Waals surface area contributed by atoms with Gasteiger partial charge in [-0.3, -0.25) is 4.79 Å². The number of hydrogen-bond acceptors (Lipinski definition) is 2. The average molecular weight is 230 g/mol. The number of nitrogens with one attached hydrogen (secondary N) is 1. The largest absolute Gasteiger partial charge is 0.317 e. The third-order valence-electron chi connectivity index (χ3n) is 4.33. The van der Waals surface area contributed by atoms with Crippen molar-refractivity contribution in [2.24, 2.45) is 5.92 Å². The van der Waals surface area contributed by atoms with Gasteiger partial charge in [0.25, 0.3) is 0 Å². The Morgan fingerprint density at radius 3 is 2.53 bits per heavy atom. The number of hydrogen-bond donors (Lipinski definition) is 1. The number of benzene rings is 1. The van der Waals surface area contributed by atoms with Crippen molar-refractivity contribution in [2.75, 3.05) is 18.0 Å². The predicted molar refractivity (Wildman–Crippen MR) is 67.9 cm³/mol. The zero-order valence-electron chi connectivity index (χ0n) is 10.1. The zero-order valence-corrected chi connectivity index (χ0v) is 10.1. The normalized spacial score (nSPS) is 27.0. The molecule has 2 fully saturated rings. The van der Waals surface area contributed by atoms with Crippen LogP contribution < -0.4 is 10.2 Å². The monoisotopic (exact) mass is 230 g/mol. The Kier molecular flexibility index (Phi) is 2.44. The van der Waals surface area contributed by atoms with Gasteiger partial charge >= 0.3 is 0 Å². The summed E-state index contributed by atoms with van der Waals surface area (Å²) in [4.78, 5) is 14.2. The van der Waals surface area contributed by atoms with Gasteiger partial charge in [0.2, 0.25) is 5.91 Å². The number of rotatable bonds is 1. The fourth-order valence-electron chi connectivity index (χ4n) is 3.25. The van der Waals surface area contributed by atoms with E-state index in [1.165, 1.54) is 0 Å². The van der Waals surface area contributed by atoms with E-state index in [1.807, 2.05) is 35.2 Å². The number of piperidine rings is 1. The number of anilines is 1. The summed E-state index contributed by atoms with van der Waals surface area (Å²) in [7, 11) is 0. The molecule has 2 heterocycles. The Hall–Kier alpha value is -1.35. The van der Waals surface area contributed by atoms with E-state index in [0.717, 1.165) is 31.6 Å². The van der Waals surface area contributed by atoms with Gasteiger partial charge in [0.15, 0.2) is 0 Å². The summed E-state index contributed by atoms with van der Waals surface area (Å²) in [6, 6.07) is 10.1. The second kappa shape index (κ2) is 3.84. The SMILES string of the molecule is CC1C(=O)N(c2ccccc2)C12CCNCC2. The number of β-lactam (4-membered cyclic amide) rings is 1. The first-order valence-corrected chi connectivity index (χ1v) is 6.35. The first-order valence-electron chi connectivity index (χ1n) is 6.35. The van der Waals surface area contributed by atoms with E-state index in [0.29, 0.717) is 0 Å². The molecule has 0 bridgehead atoms. The summed E-state index contributed by atoms with van der Waals surface area (Å²) in [6.45, 7) is 4.11. The summed E-state index contributed by atoms with van der Waals surface area (Å²) >= 11 is 0. The van der Waals surface area contributed by atoms with Crippen LogP contribution in [0.5, 0.6) is 0 Å². The molecule has 1 unspecified atom stereocenters. The second-order valence-electron chi connectivity index (χ2n) is 5.08. The molecule has 90 valence electrons. The van der Waals surface area contributed by atoms with Crippen LogP contribution in [-0.2, 0) is 4.79 Å². The molecule has 2 saturated heterocycles. The molecule has 3 heteroatoms. The van der Waals surface area contributed by atoms with E-state index in [2.05, 4.69) is 12.2 Å². The maximum Gasteiger partial charge on any atom is 0.232 e. The predicted octanol–water partition coefficient (Wildman–Crippen LogP) is 1.79. The average Bonchev–Trinajstić information content (AvgIpc) is 2.41. The second-order valence-corrected chi connectivity index (χ2v) is 5.08. The maximum atomic E-state index is 12.1. The molecular weight excluding hydrogens is 212 g/mol. The van der Waals surface area contributed by atoms with Crippen LogP contribution in [0.1, 0.15) is 19.8 Å². The number of carbonyl (C=O) groups excluding carboxylic acids is 1. The molecule has 17 heavy (non-hydrogen) atoms. The van der Waals surface area contributed by atoms with E-state index >= 15 is 0 Å². The van der Waals surface area contributed by atoms with Gasteiger partial charge in [-0.2, -0.15) is 0 Å². The highest BCUT2D eigenvalue weighted by molar-refractivity contribution is 6.04. The van der Waals surface area contributed by atoms with Crippen molar-refractivity contribution in [3.8, 4) is 0 Å². The molecule has 1 atom stereocenters. The van der Waals surface area contributed by atoms with Crippen LogP contribution in [0.4, 0.5) is 5.69 Å². The minimum absolute atomic E-state index is 0.0731. The first-order chi connectivity index (χ1) is 8.26. The summed E-state index contributed by atoms with van der Waals surface area (Å²) in [6.07, 6.45) is 2.13. The third kappa shape index (κ3) is 1.42. The molecular formula is C14H18N2O. The molecule has 1 amide bonds. The maximum absolute atomic E-state index is 12.1. The van der Waals surface area contributed by atoms with Crippen LogP contribution in [0, 0.1) is 5.92 Å². The summed E-state index contributed by atoms with van der Waals surface area (Å²) in [5.74, 6) is 0.447. The highest BCUT2D eigenvalue weighted by Crippen LogP contribution is 2.46. The van der Waals surface area contributed by atoms with Crippen LogP contribution in [0.3, 0.4) is 0 Å². The topological polar surface area (TPSA) is 32.3 Å². The molecule has 3 rings (SSSR count). The Morgan fingerprint density at radius 1 is 1.24 bits per heavy atom. The third-order valence-corrected chi connectivity index (χ3v) is 4.33. The van der Waals surface area contributed by atoms with Gasteiger partial charge in [0.05, 0.1) is 11.5 Å². The molecule has 2 aliphatic rings. The van der Waals surface area contributed by atoms with Crippen molar-refractivity contribution >= 4 is 11.6 Å². The van der Waals surface area contributed by atoms with Crippen LogP contribution in [0.25, 0.3) is 0 Å². The van der Waals surface area contributed by atoms with Crippen LogP contribution in [0.2, 0.25) is 0 Å². The minimum Gasteiger partial charge on any atom is -0.317 e. The van der Waals surface area contributed by atoms with Crippen molar-refractivity contribution in [1.82, 2.24) is 5.32 Å². The molecule has 1 aromatic carbocycles. The summed E-state index contributed by atoms with van der Waals surface area (Å²) in [5, 5.41) is 3.38. The minimum atomic E-state index is 0.0731. The Labute approximate surface area is 102 Å². The molecule has 0 aromatic heterocycles. The van der Waals surface area contributed by atoms with Crippen molar-refractivity contribution in [3.63, 3.8) is 0 Å². The Balaban J connectivity index is 1.95. The molecule has 1 spiro atoms. The molecule has 2 aliphatic heterocycles. The quantitative estimate of drug-likeness (QED) is 0.746. The lowest BCUT2D eigenvalue weighted by Crippen LogP contribution is -2.73. The van der Waals surface area contributed by atoms with Gasteiger partial charge in [0, 0.05) is 5.69 Å². The highest BCUT2D eigenvalue weighted by Gasteiger charge is 2.57. The first kappa shape index (κ1) is 10.8. The number of carbonyl (C=O) groups is 1. The molecule has 1 aromatic rings. The summed E-state index contributed by atoms with van der Waals surface area (Å²) < 4.78 is 0. The van der Waals surface area contributed by atoms with E-state index in [1.54, 1.807) is 0 Å². The van der Waals surface area contributed by atoms with Crippen molar-refractivity contribution in [1.29, 1.82) is 0 Å². The van der Waals surface area contributed by atoms with Gasteiger partial charge in [-0.15, -0.1) is 0 Å². The molecule has 3 nitrogen and oxygen atoms in total. The fraction of sp³-hybridized carbons (Fsp3) is 0.500. The van der Waals surface area contributed by atoms with Gasteiger partial charge in [-0.05, 0) is 38.1 Å². The molecule has 0 radical (unpaired) electrons. The number of amides is 1. The lowest BCUT2D eigenvalue weighted by atomic mass is 9.68. The van der Waals surface area contributed by atoms with E-state index < -0.39 is 0 Å². The summed E-state index contributed by atoms with van der Waals surface area (Å²) in [5.41, 5.74) is 1.13. The van der Waals surface area contributed by atoms with Crippen molar-refractivity contribution in [3.05, 3.63) is 30.3 Å². The Bertz CT molecular complexity index is 423. The smallest absolute Gasteiger partial charge is 0.232 e. The van der Waals surface area contributed by atoms with Crippen molar-refractivity contribution in [2.45, 2.75) is 25.3 Å². The van der Waals surface area contributed by atoms with E-state index in [9.17, 15) is 4.79 Å². The van der Waals surface area contributed by atoms with Gasteiger partial charge in [0.1, 0.15) is 0 Å². The Morgan fingerprint density at radius 2 is 1.88 bits per heavy atom. The highest BCUT2D eigenvalue weighted by atomic mass is 16.2. The fourth-order valence-corrected chi connectivity index (χ4v) is 3.25. The lowest BCUT2D eigenvalue weighted by Gasteiger charge is -2.58. The zero-order chi connectivity index (χ0) is 11.9. The number of para-hydroxylation sites is 1. The molecule has 0 saturated carbocycles. The van der Waals surface area contributed by atoms with E-state index in [4.69, 9.17) is 0 Å².